The number of halogens is 1. The second-order valence-electron chi connectivity index (χ2n) is 5.34. The fourth-order valence-electron chi connectivity index (χ4n) is 2.07. The van der Waals surface area contributed by atoms with Gasteiger partial charge in [0.05, 0.1) is 12.2 Å². The van der Waals surface area contributed by atoms with E-state index in [-0.39, 0.29) is 24.0 Å². The lowest BCUT2D eigenvalue weighted by atomic mass is 10.1. The highest BCUT2D eigenvalue weighted by Gasteiger charge is 2.06. The zero-order chi connectivity index (χ0) is 15.9. The van der Waals surface area contributed by atoms with Gasteiger partial charge in [0.2, 0.25) is 5.89 Å². The van der Waals surface area contributed by atoms with Crippen molar-refractivity contribution in [2.24, 2.45) is 4.99 Å². The third-order valence-electron chi connectivity index (χ3n) is 3.53. The first kappa shape index (κ1) is 19.5. The van der Waals surface area contributed by atoms with Crippen LogP contribution in [0.25, 0.3) is 0 Å². The average Bonchev–Trinajstić information content (AvgIpc) is 2.83. The highest BCUT2D eigenvalue weighted by molar-refractivity contribution is 14.0. The van der Waals surface area contributed by atoms with Gasteiger partial charge in [-0.25, -0.2) is 4.98 Å². The number of oxazole rings is 1. The zero-order valence-corrected chi connectivity index (χ0v) is 16.5. The van der Waals surface area contributed by atoms with Gasteiger partial charge in [0.15, 0.2) is 5.96 Å². The largest absolute Gasteiger partial charge is 0.444 e. The van der Waals surface area contributed by atoms with Gasteiger partial charge in [-0.3, -0.25) is 4.99 Å². The number of aromatic nitrogens is 1. The Labute approximate surface area is 155 Å². The van der Waals surface area contributed by atoms with Crippen LogP contribution in [0, 0.1) is 20.8 Å². The number of benzene rings is 1. The smallest absolute Gasteiger partial charge is 0.214 e. The number of hydrogen-bond donors (Lipinski definition) is 2. The summed E-state index contributed by atoms with van der Waals surface area (Å²) in [6, 6.07) is 8.59. The molecule has 0 aliphatic carbocycles. The van der Waals surface area contributed by atoms with Gasteiger partial charge in [-0.1, -0.05) is 29.8 Å². The van der Waals surface area contributed by atoms with Crippen LogP contribution in [0.1, 0.15) is 28.5 Å². The summed E-state index contributed by atoms with van der Waals surface area (Å²) in [5.41, 5.74) is 3.53. The van der Waals surface area contributed by atoms with E-state index in [1.54, 1.807) is 7.05 Å². The van der Waals surface area contributed by atoms with Crippen LogP contribution in [0.15, 0.2) is 33.7 Å². The van der Waals surface area contributed by atoms with Crippen molar-refractivity contribution in [3.05, 3.63) is 52.7 Å². The molecule has 5 nitrogen and oxygen atoms in total. The van der Waals surface area contributed by atoms with Crippen LogP contribution in [0.4, 0.5) is 0 Å². The van der Waals surface area contributed by atoms with Crippen molar-refractivity contribution < 1.29 is 4.42 Å². The Morgan fingerprint density at radius 3 is 2.39 bits per heavy atom. The van der Waals surface area contributed by atoms with Crippen molar-refractivity contribution in [3.63, 3.8) is 0 Å². The van der Waals surface area contributed by atoms with E-state index in [9.17, 15) is 0 Å². The number of nitrogens with zero attached hydrogens (tertiary/aromatic N) is 2. The molecule has 0 amide bonds. The monoisotopic (exact) mass is 428 g/mol. The highest BCUT2D eigenvalue weighted by Crippen LogP contribution is 2.07. The summed E-state index contributed by atoms with van der Waals surface area (Å²) >= 11 is 0. The topological polar surface area (TPSA) is 62.5 Å². The molecule has 2 N–H and O–H groups in total. The molecule has 126 valence electrons. The molecule has 0 atom stereocenters. The SMILES string of the molecule is CN=C(NCCc1ccc(C)cc1)NCc1nc(C)c(C)o1.I. The van der Waals surface area contributed by atoms with E-state index in [2.05, 4.69) is 51.8 Å². The quantitative estimate of drug-likeness (QED) is 0.437. The fraction of sp³-hybridized carbons (Fsp3) is 0.412. The van der Waals surface area contributed by atoms with Gasteiger partial charge in [0.1, 0.15) is 5.76 Å². The molecular weight excluding hydrogens is 403 g/mol. The van der Waals surface area contributed by atoms with Crippen molar-refractivity contribution in [2.75, 3.05) is 13.6 Å². The minimum atomic E-state index is 0. The van der Waals surface area contributed by atoms with Gasteiger partial charge in [0.25, 0.3) is 0 Å². The van der Waals surface area contributed by atoms with Crippen LogP contribution in [-0.2, 0) is 13.0 Å². The molecule has 2 aromatic rings. The summed E-state index contributed by atoms with van der Waals surface area (Å²) in [4.78, 5) is 8.54. The van der Waals surface area contributed by atoms with E-state index in [0.717, 1.165) is 30.4 Å². The Bertz CT molecular complexity index is 615. The summed E-state index contributed by atoms with van der Waals surface area (Å²) in [5, 5.41) is 6.50. The van der Waals surface area contributed by atoms with Crippen LogP contribution in [0.2, 0.25) is 0 Å². The molecule has 6 heteroatoms. The summed E-state index contributed by atoms with van der Waals surface area (Å²) < 4.78 is 5.54. The van der Waals surface area contributed by atoms with Crippen molar-refractivity contribution in [1.29, 1.82) is 0 Å². The molecular formula is C17H25IN4O. The molecule has 1 heterocycles. The zero-order valence-electron chi connectivity index (χ0n) is 14.1. The minimum absolute atomic E-state index is 0. The molecule has 0 radical (unpaired) electrons. The lowest BCUT2D eigenvalue weighted by molar-refractivity contribution is 0.464. The van der Waals surface area contributed by atoms with E-state index >= 15 is 0 Å². The molecule has 23 heavy (non-hydrogen) atoms. The molecule has 2 rings (SSSR count). The first-order valence-electron chi connectivity index (χ1n) is 7.51. The number of hydrogen-bond acceptors (Lipinski definition) is 3. The van der Waals surface area contributed by atoms with Gasteiger partial charge in [-0.2, -0.15) is 0 Å². The maximum atomic E-state index is 5.54. The summed E-state index contributed by atoms with van der Waals surface area (Å²) in [7, 11) is 1.76. The van der Waals surface area contributed by atoms with E-state index in [1.807, 2.05) is 13.8 Å². The van der Waals surface area contributed by atoms with E-state index < -0.39 is 0 Å². The molecule has 0 fully saturated rings. The van der Waals surface area contributed by atoms with Crippen molar-refractivity contribution >= 4 is 29.9 Å². The third-order valence-corrected chi connectivity index (χ3v) is 3.53. The Morgan fingerprint density at radius 2 is 1.83 bits per heavy atom. The molecule has 0 aliphatic rings. The molecule has 0 aliphatic heterocycles. The van der Waals surface area contributed by atoms with Crippen LogP contribution in [-0.4, -0.2) is 24.5 Å². The lowest BCUT2D eigenvalue weighted by Gasteiger charge is -2.10. The Morgan fingerprint density at radius 1 is 1.13 bits per heavy atom. The van der Waals surface area contributed by atoms with Crippen molar-refractivity contribution in [2.45, 2.75) is 33.7 Å². The predicted octanol–water partition coefficient (Wildman–Crippen LogP) is 3.13. The maximum Gasteiger partial charge on any atom is 0.214 e. The van der Waals surface area contributed by atoms with Gasteiger partial charge in [-0.15, -0.1) is 24.0 Å². The Hall–Kier alpha value is -1.57. The normalized spacial score (nSPS) is 11.0. The number of guanidine groups is 1. The van der Waals surface area contributed by atoms with Gasteiger partial charge >= 0.3 is 0 Å². The molecule has 1 aromatic carbocycles. The van der Waals surface area contributed by atoms with Crippen LogP contribution in [0.5, 0.6) is 0 Å². The first-order chi connectivity index (χ1) is 10.6. The first-order valence-corrected chi connectivity index (χ1v) is 7.51. The van der Waals surface area contributed by atoms with E-state index in [1.165, 1.54) is 11.1 Å². The van der Waals surface area contributed by atoms with Crippen LogP contribution < -0.4 is 10.6 Å². The maximum absolute atomic E-state index is 5.54. The second-order valence-corrected chi connectivity index (χ2v) is 5.34. The summed E-state index contributed by atoms with van der Waals surface area (Å²) in [6.45, 7) is 7.31. The fourth-order valence-corrected chi connectivity index (χ4v) is 2.07. The van der Waals surface area contributed by atoms with E-state index in [0.29, 0.717) is 12.4 Å². The highest BCUT2D eigenvalue weighted by atomic mass is 127. The third kappa shape index (κ3) is 6.21. The molecule has 0 saturated carbocycles. The summed E-state index contributed by atoms with van der Waals surface area (Å²) in [6.07, 6.45) is 0.957. The van der Waals surface area contributed by atoms with Gasteiger partial charge < -0.3 is 15.1 Å². The number of rotatable bonds is 5. The number of aryl methyl sites for hydroxylation is 3. The average molecular weight is 428 g/mol. The predicted molar refractivity (Wildman–Crippen MR) is 104 cm³/mol. The lowest BCUT2D eigenvalue weighted by Crippen LogP contribution is -2.37. The molecule has 0 saturated heterocycles. The number of nitrogens with one attached hydrogen (secondary N) is 2. The van der Waals surface area contributed by atoms with E-state index in [4.69, 9.17) is 4.42 Å². The van der Waals surface area contributed by atoms with Crippen LogP contribution in [0.3, 0.4) is 0 Å². The van der Waals surface area contributed by atoms with Crippen molar-refractivity contribution in [1.82, 2.24) is 15.6 Å². The molecule has 0 unspecified atom stereocenters. The van der Waals surface area contributed by atoms with Crippen LogP contribution >= 0.6 is 24.0 Å². The second kappa shape index (κ2) is 9.54. The molecule has 0 bridgehead atoms. The molecule has 1 aromatic heterocycles. The standard InChI is InChI=1S/C17H24N4O.HI/c1-12-5-7-15(8-6-12)9-10-19-17(18-4)20-11-16-21-13(2)14(3)22-16;/h5-8H,9-11H2,1-4H3,(H2,18,19,20);1H. The van der Waals surface area contributed by atoms with Gasteiger partial charge in [0, 0.05) is 13.6 Å². The number of aliphatic imine (C=N–C) groups is 1. The van der Waals surface area contributed by atoms with Gasteiger partial charge in [-0.05, 0) is 32.8 Å². The Kier molecular flexibility index (Phi) is 8.08. The minimum Gasteiger partial charge on any atom is -0.444 e. The Balaban J connectivity index is 0.00000264. The molecule has 0 spiro atoms. The van der Waals surface area contributed by atoms with Crippen molar-refractivity contribution in [3.8, 4) is 0 Å². The summed E-state index contributed by atoms with van der Waals surface area (Å²) in [5.74, 6) is 2.29.